The molecule has 4 heteroatoms. The molecule has 0 saturated heterocycles. The molecule has 0 aliphatic rings. The van der Waals surface area contributed by atoms with Gasteiger partial charge in [0, 0.05) is 10.4 Å². The summed E-state index contributed by atoms with van der Waals surface area (Å²) in [4.78, 5) is 14.7. The standard InChI is InChI=1S/C27H33NO2S.C2H6/c1-5-9-22-13-12-21(18-30-23-10-7-6-8-11-23)17-24(22)27(29)28-25(16-19(2)3)26-20(4)14-15-31-26;1-2/h6-8,10-15,17,19,25H,5,9,16,18H2,1-4H3,(H,28,29);1-2H3. The Labute approximate surface area is 204 Å². The van der Waals surface area contributed by atoms with E-state index in [0.29, 0.717) is 12.5 Å². The third kappa shape index (κ3) is 8.04. The molecule has 0 fully saturated rings. The molecule has 1 atom stereocenters. The molecular formula is C29H39NO2S. The molecule has 1 amide bonds. The fourth-order valence-electron chi connectivity index (χ4n) is 3.78. The van der Waals surface area contributed by atoms with E-state index in [1.54, 1.807) is 11.3 Å². The van der Waals surface area contributed by atoms with Crippen LogP contribution >= 0.6 is 11.3 Å². The van der Waals surface area contributed by atoms with Gasteiger partial charge < -0.3 is 10.1 Å². The van der Waals surface area contributed by atoms with Crippen LogP contribution in [0.3, 0.4) is 0 Å². The van der Waals surface area contributed by atoms with E-state index < -0.39 is 0 Å². The molecule has 0 spiro atoms. The van der Waals surface area contributed by atoms with Gasteiger partial charge in [-0.1, -0.05) is 71.4 Å². The van der Waals surface area contributed by atoms with Crippen molar-refractivity contribution in [3.8, 4) is 5.75 Å². The molecule has 1 aromatic heterocycles. The van der Waals surface area contributed by atoms with Crippen molar-refractivity contribution in [2.75, 3.05) is 0 Å². The second kappa shape index (κ2) is 13.8. The van der Waals surface area contributed by atoms with Crippen molar-refractivity contribution in [1.82, 2.24) is 5.32 Å². The highest BCUT2D eigenvalue weighted by atomic mass is 32.1. The maximum absolute atomic E-state index is 13.4. The zero-order valence-corrected chi connectivity index (χ0v) is 21.8. The number of aryl methyl sites for hydroxylation is 2. The lowest BCUT2D eigenvalue weighted by atomic mass is 9.97. The SMILES string of the molecule is CC.CCCc1ccc(COc2ccccc2)cc1C(=O)NC(CC(C)C)c1sccc1C. The van der Waals surface area contributed by atoms with E-state index >= 15 is 0 Å². The summed E-state index contributed by atoms with van der Waals surface area (Å²) >= 11 is 1.73. The fraction of sp³-hybridized carbons (Fsp3) is 0.414. The molecule has 33 heavy (non-hydrogen) atoms. The highest BCUT2D eigenvalue weighted by Crippen LogP contribution is 2.29. The van der Waals surface area contributed by atoms with Gasteiger partial charge in [-0.2, -0.15) is 0 Å². The minimum atomic E-state index is 0.00320. The smallest absolute Gasteiger partial charge is 0.252 e. The Morgan fingerprint density at radius 3 is 2.39 bits per heavy atom. The van der Waals surface area contributed by atoms with Gasteiger partial charge >= 0.3 is 0 Å². The van der Waals surface area contributed by atoms with Crippen molar-refractivity contribution in [1.29, 1.82) is 0 Å². The summed E-state index contributed by atoms with van der Waals surface area (Å²) in [6, 6.07) is 18.1. The Morgan fingerprint density at radius 2 is 1.79 bits per heavy atom. The van der Waals surface area contributed by atoms with Gasteiger partial charge in [0.1, 0.15) is 12.4 Å². The van der Waals surface area contributed by atoms with Gasteiger partial charge in [0.05, 0.1) is 6.04 Å². The normalized spacial score (nSPS) is 11.5. The lowest BCUT2D eigenvalue weighted by Gasteiger charge is -2.22. The molecule has 2 aromatic carbocycles. The maximum Gasteiger partial charge on any atom is 0.252 e. The van der Waals surface area contributed by atoms with Crippen LogP contribution in [0.2, 0.25) is 0 Å². The molecule has 0 radical (unpaired) electrons. The molecule has 1 heterocycles. The zero-order chi connectivity index (χ0) is 24.2. The van der Waals surface area contributed by atoms with Gasteiger partial charge in [-0.15, -0.1) is 11.3 Å². The van der Waals surface area contributed by atoms with Crippen LogP contribution in [0.1, 0.15) is 85.4 Å². The second-order valence-corrected chi connectivity index (χ2v) is 9.41. The Bertz CT molecular complexity index is 978. The molecule has 0 aliphatic heterocycles. The van der Waals surface area contributed by atoms with Crippen molar-refractivity contribution in [3.05, 3.63) is 87.1 Å². The topological polar surface area (TPSA) is 38.3 Å². The fourth-order valence-corrected chi connectivity index (χ4v) is 4.77. The van der Waals surface area contributed by atoms with E-state index in [9.17, 15) is 4.79 Å². The van der Waals surface area contributed by atoms with Crippen LogP contribution in [-0.2, 0) is 13.0 Å². The first-order valence-electron chi connectivity index (χ1n) is 12.1. The maximum atomic E-state index is 13.4. The first-order chi connectivity index (χ1) is 16.0. The van der Waals surface area contributed by atoms with E-state index in [2.05, 4.69) is 56.6 Å². The summed E-state index contributed by atoms with van der Waals surface area (Å²) in [6.45, 7) is 13.1. The Hall–Kier alpha value is -2.59. The third-order valence-electron chi connectivity index (χ3n) is 5.32. The van der Waals surface area contributed by atoms with Crippen LogP contribution in [0.25, 0.3) is 0 Å². The summed E-state index contributed by atoms with van der Waals surface area (Å²) in [5.41, 5.74) is 4.10. The van der Waals surface area contributed by atoms with Gasteiger partial charge in [-0.3, -0.25) is 4.79 Å². The van der Waals surface area contributed by atoms with Gasteiger partial charge in [0.25, 0.3) is 5.91 Å². The number of nitrogens with one attached hydrogen (secondary N) is 1. The number of benzene rings is 2. The van der Waals surface area contributed by atoms with E-state index in [0.717, 1.165) is 41.7 Å². The first kappa shape index (κ1) is 26.7. The van der Waals surface area contributed by atoms with E-state index in [4.69, 9.17) is 4.74 Å². The van der Waals surface area contributed by atoms with Crippen LogP contribution in [-0.4, -0.2) is 5.91 Å². The van der Waals surface area contributed by atoms with Gasteiger partial charge in [0.15, 0.2) is 0 Å². The predicted octanol–water partition coefficient (Wildman–Crippen LogP) is 8.13. The Morgan fingerprint density at radius 1 is 1.06 bits per heavy atom. The molecule has 0 bridgehead atoms. The molecule has 3 rings (SSSR count). The molecular weight excluding hydrogens is 426 g/mol. The first-order valence-corrected chi connectivity index (χ1v) is 13.0. The minimum Gasteiger partial charge on any atom is -0.489 e. The number of hydrogen-bond donors (Lipinski definition) is 1. The monoisotopic (exact) mass is 465 g/mol. The molecule has 1 N–H and O–H groups in total. The highest BCUT2D eigenvalue weighted by Gasteiger charge is 2.21. The lowest BCUT2D eigenvalue weighted by Crippen LogP contribution is -2.30. The summed E-state index contributed by atoms with van der Waals surface area (Å²) in [6.07, 6.45) is 2.81. The predicted molar refractivity (Wildman–Crippen MR) is 141 cm³/mol. The van der Waals surface area contributed by atoms with Crippen LogP contribution in [0.4, 0.5) is 0 Å². The number of carbonyl (C=O) groups excluding carboxylic acids is 1. The van der Waals surface area contributed by atoms with Crippen molar-refractivity contribution in [2.45, 2.75) is 73.5 Å². The third-order valence-corrected chi connectivity index (χ3v) is 6.45. The van der Waals surface area contributed by atoms with Crippen molar-refractivity contribution >= 4 is 17.2 Å². The largest absolute Gasteiger partial charge is 0.489 e. The molecule has 1 unspecified atom stereocenters. The minimum absolute atomic E-state index is 0.00320. The van der Waals surface area contributed by atoms with Crippen molar-refractivity contribution in [2.24, 2.45) is 5.92 Å². The average molecular weight is 466 g/mol. The molecule has 3 nitrogen and oxygen atoms in total. The lowest BCUT2D eigenvalue weighted by molar-refractivity contribution is 0.0931. The molecule has 0 aliphatic carbocycles. The number of hydrogen-bond acceptors (Lipinski definition) is 3. The van der Waals surface area contributed by atoms with E-state index in [1.807, 2.05) is 50.2 Å². The quantitative estimate of drug-likeness (QED) is 0.328. The summed E-state index contributed by atoms with van der Waals surface area (Å²) < 4.78 is 5.90. The van der Waals surface area contributed by atoms with Crippen LogP contribution in [0, 0.1) is 12.8 Å². The number of para-hydroxylation sites is 1. The molecule has 178 valence electrons. The summed E-state index contributed by atoms with van der Waals surface area (Å²) in [5, 5.41) is 5.44. The number of carbonyl (C=O) groups is 1. The summed E-state index contributed by atoms with van der Waals surface area (Å²) in [5.74, 6) is 1.33. The van der Waals surface area contributed by atoms with Crippen LogP contribution in [0.5, 0.6) is 5.75 Å². The number of ether oxygens (including phenoxy) is 1. The zero-order valence-electron chi connectivity index (χ0n) is 21.0. The van der Waals surface area contributed by atoms with Crippen molar-refractivity contribution in [3.63, 3.8) is 0 Å². The number of rotatable bonds is 10. The number of thiophene rings is 1. The average Bonchev–Trinajstić information content (AvgIpc) is 3.25. The second-order valence-electron chi connectivity index (χ2n) is 8.47. The van der Waals surface area contributed by atoms with Crippen molar-refractivity contribution < 1.29 is 9.53 Å². The van der Waals surface area contributed by atoms with Crippen LogP contribution in [0.15, 0.2) is 60.0 Å². The van der Waals surface area contributed by atoms with Gasteiger partial charge in [-0.25, -0.2) is 0 Å². The highest BCUT2D eigenvalue weighted by molar-refractivity contribution is 7.10. The van der Waals surface area contributed by atoms with Gasteiger partial charge in [0.2, 0.25) is 0 Å². The van der Waals surface area contributed by atoms with E-state index in [1.165, 1.54) is 10.4 Å². The summed E-state index contributed by atoms with van der Waals surface area (Å²) in [7, 11) is 0. The Balaban J connectivity index is 0.00000187. The molecule has 0 saturated carbocycles. The Kier molecular flexibility index (Phi) is 11.2. The number of amides is 1. The molecule has 3 aromatic rings. The van der Waals surface area contributed by atoms with Gasteiger partial charge in [-0.05, 0) is 72.0 Å². The van der Waals surface area contributed by atoms with E-state index in [-0.39, 0.29) is 11.9 Å². The van der Waals surface area contributed by atoms with Crippen LogP contribution < -0.4 is 10.1 Å².